The van der Waals surface area contributed by atoms with Gasteiger partial charge in [0.25, 0.3) is 0 Å². The molecule has 134 valence electrons. The van der Waals surface area contributed by atoms with Crippen molar-refractivity contribution in [3.05, 3.63) is 48.0 Å². The van der Waals surface area contributed by atoms with Crippen LogP contribution in [0.5, 0.6) is 11.5 Å². The number of phenolic OH excluding ortho intramolecular Hbond substituents is 1. The number of benzene rings is 2. The molecule has 0 saturated heterocycles. The van der Waals surface area contributed by atoms with Crippen LogP contribution in [-0.4, -0.2) is 46.8 Å². The topological polar surface area (TPSA) is 133 Å². The Hall–Kier alpha value is -2.54. The van der Waals surface area contributed by atoms with Crippen molar-refractivity contribution in [2.75, 3.05) is 12.4 Å². The normalized spacial score (nSPS) is 10.2. The molecule has 0 aromatic heterocycles. The van der Waals surface area contributed by atoms with E-state index in [9.17, 15) is 18.4 Å². The second kappa shape index (κ2) is 9.08. The van der Waals surface area contributed by atoms with E-state index in [2.05, 4.69) is 5.32 Å². The second-order valence-electron chi connectivity index (χ2n) is 4.82. The molecule has 0 heterocycles. The molecule has 0 saturated carbocycles. The monoisotopic (exact) mass is 411 g/mol. The molecule has 2 aromatic carbocycles. The van der Waals surface area contributed by atoms with Crippen molar-refractivity contribution in [1.29, 1.82) is 0 Å². The summed E-state index contributed by atoms with van der Waals surface area (Å²) in [5.74, 6) is -0.137. The summed E-state index contributed by atoms with van der Waals surface area (Å²) in [6, 6.07) is 10.5. The molecule has 0 fully saturated rings. The summed E-state index contributed by atoms with van der Waals surface area (Å²) >= 11 is -5.09. The summed E-state index contributed by atoms with van der Waals surface area (Å²) in [6.07, 6.45) is 0.794. The summed E-state index contributed by atoms with van der Waals surface area (Å²) in [4.78, 5) is 20.9. The maximum absolute atomic E-state index is 10.9. The van der Waals surface area contributed by atoms with E-state index in [1.165, 1.54) is 13.0 Å². The van der Waals surface area contributed by atoms with E-state index in [4.69, 9.17) is 12.9 Å². The van der Waals surface area contributed by atoms with Crippen LogP contribution in [0.25, 0.3) is 0 Å². The van der Waals surface area contributed by atoms with Crippen LogP contribution in [0.1, 0.15) is 17.3 Å². The van der Waals surface area contributed by atoms with E-state index in [0.29, 0.717) is 11.3 Å². The van der Waals surface area contributed by atoms with Gasteiger partial charge in [0.05, 0.1) is 7.11 Å². The molecule has 4 N–H and O–H groups in total. The molecule has 0 aliphatic heterocycles. The van der Waals surface area contributed by atoms with E-state index in [-0.39, 0.29) is 11.6 Å². The average Bonchev–Trinajstić information content (AvgIpc) is 2.53. The van der Waals surface area contributed by atoms with Crippen LogP contribution in [0.15, 0.2) is 42.5 Å². The minimum absolute atomic E-state index is 0.285. The number of ether oxygens (including phenoxy) is 1. The van der Waals surface area contributed by atoms with Gasteiger partial charge in [0.1, 0.15) is 12.0 Å². The van der Waals surface area contributed by atoms with Crippen LogP contribution >= 0.6 is 0 Å². The molecular formula is C16H18AsNO7. The number of hydrogen-bond acceptors (Lipinski definition) is 5. The second-order valence-corrected chi connectivity index (χ2v) is 8.12. The predicted octanol–water partition coefficient (Wildman–Crippen LogP) is 0.419. The first-order valence-electron chi connectivity index (χ1n) is 6.93. The molecule has 2 aromatic rings. The zero-order valence-electron chi connectivity index (χ0n) is 13.5. The van der Waals surface area contributed by atoms with Crippen molar-refractivity contribution in [3.8, 4) is 11.5 Å². The quantitative estimate of drug-likeness (QED) is 0.423. The first-order chi connectivity index (χ1) is 11.7. The molecule has 0 aliphatic rings. The third-order valence-electron chi connectivity index (χ3n) is 2.84. The number of nitrogens with one attached hydrogen (secondary N) is 1. The predicted molar refractivity (Wildman–Crippen MR) is 91.3 cm³/mol. The smallest absolute Gasteiger partial charge is 0.150 e. The number of aldehydes is 1. The Bertz CT molecular complexity index is 801. The molecule has 0 aliphatic carbocycles. The van der Waals surface area contributed by atoms with Crippen molar-refractivity contribution in [2.24, 2.45) is 0 Å². The fourth-order valence-electron chi connectivity index (χ4n) is 1.77. The van der Waals surface area contributed by atoms with Gasteiger partial charge in [-0.3, -0.25) is 4.79 Å². The van der Waals surface area contributed by atoms with E-state index in [1.54, 1.807) is 31.4 Å². The summed E-state index contributed by atoms with van der Waals surface area (Å²) < 4.78 is 33.1. The van der Waals surface area contributed by atoms with Gasteiger partial charge >= 0.3 is 88.1 Å². The minimum Gasteiger partial charge on any atom is -0.497 e. The van der Waals surface area contributed by atoms with Gasteiger partial charge in [0, 0.05) is 5.56 Å². The number of carbonyl (C=O) groups excluding carboxylic acids is 2. The van der Waals surface area contributed by atoms with Crippen molar-refractivity contribution in [1.82, 2.24) is 0 Å². The van der Waals surface area contributed by atoms with Crippen LogP contribution in [0.3, 0.4) is 0 Å². The fraction of sp³-hybridized carbons (Fsp3) is 0.125. The molecule has 9 heteroatoms. The molecule has 0 radical (unpaired) electrons. The van der Waals surface area contributed by atoms with Crippen molar-refractivity contribution < 1.29 is 31.4 Å². The first-order valence-corrected chi connectivity index (χ1v) is 10.3. The van der Waals surface area contributed by atoms with Gasteiger partial charge in [0.15, 0.2) is 0 Å². The minimum atomic E-state index is -5.09. The van der Waals surface area contributed by atoms with E-state index in [1.807, 2.05) is 0 Å². The van der Waals surface area contributed by atoms with Crippen molar-refractivity contribution in [2.45, 2.75) is 6.92 Å². The first kappa shape index (κ1) is 20.5. The standard InChI is InChI=1S/C8H10AsNO5.C8H8O2/c1-5(11)10-6-2-3-7(8(12)4-6)9(13,14)15;1-10-8-4-2-3-7(5-8)6-9/h2-4,12H,1H3,(H,10,11)(H2,13,14,15);2-6H,1H3. The molecule has 2 rings (SSSR count). The Morgan fingerprint density at radius 2 is 1.88 bits per heavy atom. The van der Waals surface area contributed by atoms with Crippen molar-refractivity contribution in [3.63, 3.8) is 0 Å². The van der Waals surface area contributed by atoms with Gasteiger partial charge < -0.3 is 4.74 Å². The van der Waals surface area contributed by atoms with Gasteiger partial charge in [0.2, 0.25) is 0 Å². The summed E-state index contributed by atoms with van der Waals surface area (Å²) in [7, 11) is 1.57. The number of phenols is 1. The number of amides is 1. The van der Waals surface area contributed by atoms with Gasteiger partial charge in [-0.25, -0.2) is 0 Å². The molecular weight excluding hydrogens is 393 g/mol. The molecule has 8 nitrogen and oxygen atoms in total. The van der Waals surface area contributed by atoms with Gasteiger partial charge in [-0.2, -0.15) is 0 Å². The van der Waals surface area contributed by atoms with Crippen LogP contribution in [0, 0.1) is 0 Å². The maximum atomic E-state index is 10.9. The number of rotatable bonds is 4. The van der Waals surface area contributed by atoms with E-state index >= 15 is 0 Å². The Kier molecular flexibility index (Phi) is 7.44. The maximum Gasteiger partial charge on any atom is 0.150 e. The van der Waals surface area contributed by atoms with Gasteiger partial charge in [-0.05, 0) is 12.1 Å². The van der Waals surface area contributed by atoms with E-state index < -0.39 is 24.3 Å². The van der Waals surface area contributed by atoms with Gasteiger partial charge in [-0.15, -0.1) is 0 Å². The largest absolute Gasteiger partial charge is 0.497 e. The summed E-state index contributed by atoms with van der Waals surface area (Å²) in [5.41, 5.74) is 0.923. The Morgan fingerprint density at radius 1 is 1.20 bits per heavy atom. The van der Waals surface area contributed by atoms with Gasteiger partial charge in [-0.1, -0.05) is 12.1 Å². The molecule has 25 heavy (non-hydrogen) atoms. The SMILES string of the molecule is CC(=O)Nc1ccc([As](=O)(O)O)c(O)c1.COc1cccc(C=O)c1. The molecule has 0 unspecified atom stereocenters. The van der Waals surface area contributed by atoms with Crippen molar-refractivity contribution >= 4 is 36.4 Å². The fourth-order valence-corrected chi connectivity index (χ4v) is 3.09. The average molecular weight is 411 g/mol. The Labute approximate surface area is 147 Å². The Balaban J connectivity index is 0.000000271. The summed E-state index contributed by atoms with van der Waals surface area (Å²) in [5, 5.41) is 11.7. The summed E-state index contributed by atoms with van der Waals surface area (Å²) in [6.45, 7) is 1.29. The number of anilines is 1. The van der Waals surface area contributed by atoms with Crippen LogP contribution in [0.4, 0.5) is 5.69 Å². The number of carbonyl (C=O) groups is 2. The molecule has 0 bridgehead atoms. The third-order valence-corrected chi connectivity index (χ3v) is 4.95. The van der Waals surface area contributed by atoms with Crippen LogP contribution < -0.4 is 14.4 Å². The number of aromatic hydroxyl groups is 1. The molecule has 1 amide bonds. The molecule has 0 spiro atoms. The number of methoxy groups -OCH3 is 1. The third kappa shape index (κ3) is 6.84. The van der Waals surface area contributed by atoms with E-state index in [0.717, 1.165) is 18.4 Å². The Morgan fingerprint density at radius 3 is 2.36 bits per heavy atom. The zero-order chi connectivity index (χ0) is 19.0. The zero-order valence-corrected chi connectivity index (χ0v) is 15.4. The number of hydrogen-bond donors (Lipinski definition) is 4. The van der Waals surface area contributed by atoms with Crippen LogP contribution in [-0.2, 0) is 8.53 Å². The molecule has 0 atom stereocenters. The van der Waals surface area contributed by atoms with Crippen LogP contribution in [0.2, 0.25) is 0 Å².